The van der Waals surface area contributed by atoms with Crippen LogP contribution in [0.1, 0.15) is 43.4 Å². The summed E-state index contributed by atoms with van der Waals surface area (Å²) in [5.74, 6) is 1.43. The summed E-state index contributed by atoms with van der Waals surface area (Å²) in [7, 11) is 0. The third-order valence-corrected chi connectivity index (χ3v) is 6.80. The van der Waals surface area contributed by atoms with Gasteiger partial charge in [0.15, 0.2) is 11.5 Å². The molecule has 1 aliphatic heterocycles. The lowest BCUT2D eigenvalue weighted by atomic mass is 9.85. The van der Waals surface area contributed by atoms with Crippen molar-refractivity contribution >= 4 is 11.6 Å². The molecule has 1 saturated carbocycles. The van der Waals surface area contributed by atoms with Gasteiger partial charge in [0.1, 0.15) is 0 Å². The summed E-state index contributed by atoms with van der Waals surface area (Å²) in [6, 6.07) is 22.2. The van der Waals surface area contributed by atoms with E-state index in [1.165, 1.54) is 0 Å². The van der Waals surface area contributed by atoms with E-state index in [0.29, 0.717) is 5.75 Å². The van der Waals surface area contributed by atoms with Gasteiger partial charge in [-0.2, -0.15) is 5.26 Å². The topological polar surface area (TPSA) is 71.3 Å². The van der Waals surface area contributed by atoms with Gasteiger partial charge in [-0.1, -0.05) is 36.4 Å². The molecule has 5 nitrogen and oxygen atoms in total. The molecule has 1 fully saturated rings. The number of anilines is 1. The minimum Gasteiger partial charge on any atom is -0.454 e. The van der Waals surface area contributed by atoms with Crippen LogP contribution in [0.2, 0.25) is 0 Å². The van der Waals surface area contributed by atoms with Crippen LogP contribution in [0.5, 0.6) is 11.5 Å². The fourth-order valence-electron chi connectivity index (χ4n) is 4.36. The standard InChI is InChI=1S/C28H26N2O3/c1-18-4-10-22(15-23(18)19-5-7-20(8-6-19)27(2,3)16-29)30-26(31)28(12-13-28)21-9-11-24-25(14-21)33-17-32-24/h4-11,14-15H,12-13,17H2,1-3H3,(H,30,31). The lowest BCUT2D eigenvalue weighted by molar-refractivity contribution is -0.118. The van der Waals surface area contributed by atoms with Crippen LogP contribution >= 0.6 is 0 Å². The highest BCUT2D eigenvalue weighted by Crippen LogP contribution is 2.51. The van der Waals surface area contributed by atoms with Crippen LogP contribution in [0.4, 0.5) is 5.69 Å². The van der Waals surface area contributed by atoms with Crippen molar-refractivity contribution in [3.8, 4) is 28.7 Å². The van der Waals surface area contributed by atoms with Gasteiger partial charge in [-0.05, 0) is 85.7 Å². The number of hydrogen-bond acceptors (Lipinski definition) is 4. The average molecular weight is 439 g/mol. The van der Waals surface area contributed by atoms with Gasteiger partial charge in [-0.25, -0.2) is 0 Å². The van der Waals surface area contributed by atoms with E-state index in [1.807, 2.05) is 74.5 Å². The highest BCUT2D eigenvalue weighted by Gasteiger charge is 2.51. The molecule has 5 heteroatoms. The Balaban J connectivity index is 1.39. The Hall–Kier alpha value is -3.78. The number of amides is 1. The van der Waals surface area contributed by atoms with Gasteiger partial charge in [-0.3, -0.25) is 4.79 Å². The number of fused-ring (bicyclic) bond motifs is 1. The van der Waals surface area contributed by atoms with Crippen molar-refractivity contribution in [2.45, 2.75) is 44.4 Å². The molecule has 0 aromatic heterocycles. The molecule has 1 aliphatic carbocycles. The molecule has 1 N–H and O–H groups in total. The van der Waals surface area contributed by atoms with Crippen molar-refractivity contribution in [2.75, 3.05) is 12.1 Å². The number of ether oxygens (including phenoxy) is 2. The maximum atomic E-state index is 13.3. The summed E-state index contributed by atoms with van der Waals surface area (Å²) in [6.45, 7) is 6.11. The lowest BCUT2D eigenvalue weighted by Gasteiger charge is -2.18. The first-order chi connectivity index (χ1) is 15.8. The molecular formula is C28H26N2O3. The molecule has 2 aliphatic rings. The largest absolute Gasteiger partial charge is 0.454 e. The van der Waals surface area contributed by atoms with Crippen LogP contribution in [0.25, 0.3) is 11.1 Å². The summed E-state index contributed by atoms with van der Waals surface area (Å²) in [6.07, 6.45) is 1.63. The van der Waals surface area contributed by atoms with Crippen molar-refractivity contribution in [1.29, 1.82) is 5.26 Å². The van der Waals surface area contributed by atoms with Gasteiger partial charge in [0, 0.05) is 5.69 Å². The number of carbonyl (C=O) groups is 1. The summed E-state index contributed by atoms with van der Waals surface area (Å²) in [5, 5.41) is 12.5. The maximum absolute atomic E-state index is 13.3. The summed E-state index contributed by atoms with van der Waals surface area (Å²) in [4.78, 5) is 13.3. The van der Waals surface area contributed by atoms with Gasteiger partial charge in [0.05, 0.1) is 16.9 Å². The Kier molecular flexibility index (Phi) is 4.90. The van der Waals surface area contributed by atoms with Gasteiger partial charge < -0.3 is 14.8 Å². The SMILES string of the molecule is Cc1ccc(NC(=O)C2(c3ccc4c(c3)OCO4)CC2)cc1-c1ccc(C(C)(C)C#N)cc1. The van der Waals surface area contributed by atoms with Crippen molar-refractivity contribution in [3.63, 3.8) is 0 Å². The van der Waals surface area contributed by atoms with Crippen LogP contribution in [0, 0.1) is 18.3 Å². The van der Waals surface area contributed by atoms with E-state index in [0.717, 1.165) is 52.1 Å². The molecule has 0 radical (unpaired) electrons. The minimum absolute atomic E-state index is 0.00212. The molecule has 3 aromatic rings. The Morgan fingerprint density at radius 1 is 1.00 bits per heavy atom. The second-order valence-corrected chi connectivity index (χ2v) is 9.45. The zero-order valence-corrected chi connectivity index (χ0v) is 19.1. The molecule has 1 heterocycles. The first kappa shape index (κ1) is 21.1. The first-order valence-corrected chi connectivity index (χ1v) is 11.2. The number of carbonyl (C=O) groups excluding carboxylic acids is 1. The molecular weight excluding hydrogens is 412 g/mol. The van der Waals surface area contributed by atoms with E-state index in [1.54, 1.807) is 0 Å². The molecule has 0 saturated heterocycles. The van der Waals surface area contributed by atoms with Crippen LogP contribution in [0.3, 0.4) is 0 Å². The molecule has 5 rings (SSSR count). The third-order valence-electron chi connectivity index (χ3n) is 6.80. The van der Waals surface area contributed by atoms with Gasteiger partial charge in [0.25, 0.3) is 0 Å². The number of hydrogen-bond donors (Lipinski definition) is 1. The monoisotopic (exact) mass is 438 g/mol. The third kappa shape index (κ3) is 3.72. The maximum Gasteiger partial charge on any atom is 0.235 e. The summed E-state index contributed by atoms with van der Waals surface area (Å²) < 4.78 is 10.9. The number of benzene rings is 3. The first-order valence-electron chi connectivity index (χ1n) is 11.2. The Bertz CT molecular complexity index is 1280. The number of nitrogens with one attached hydrogen (secondary N) is 1. The van der Waals surface area contributed by atoms with Gasteiger partial charge >= 0.3 is 0 Å². The molecule has 0 spiro atoms. The molecule has 166 valence electrons. The van der Waals surface area contributed by atoms with E-state index in [-0.39, 0.29) is 12.7 Å². The Morgan fingerprint density at radius 2 is 1.73 bits per heavy atom. The normalized spacial score (nSPS) is 15.6. The highest BCUT2D eigenvalue weighted by atomic mass is 16.7. The van der Waals surface area contributed by atoms with Crippen molar-refractivity contribution < 1.29 is 14.3 Å². The second kappa shape index (κ2) is 7.67. The quantitative estimate of drug-likeness (QED) is 0.541. The number of rotatable bonds is 5. The van der Waals surface area contributed by atoms with Crippen LogP contribution in [0.15, 0.2) is 60.7 Å². The molecule has 0 bridgehead atoms. The fraction of sp³-hybridized carbons (Fsp3) is 0.286. The summed E-state index contributed by atoms with van der Waals surface area (Å²) >= 11 is 0. The molecule has 33 heavy (non-hydrogen) atoms. The highest BCUT2D eigenvalue weighted by molar-refractivity contribution is 6.02. The predicted octanol–water partition coefficient (Wildman–Crippen LogP) is 5.86. The zero-order valence-electron chi connectivity index (χ0n) is 19.1. The second-order valence-electron chi connectivity index (χ2n) is 9.45. The van der Waals surface area contributed by atoms with Crippen LogP contribution in [-0.2, 0) is 15.6 Å². The average Bonchev–Trinajstić information content (AvgIpc) is 3.51. The number of aryl methyl sites for hydroxylation is 1. The predicted molar refractivity (Wildman–Crippen MR) is 127 cm³/mol. The Morgan fingerprint density at radius 3 is 2.42 bits per heavy atom. The van der Waals surface area contributed by atoms with E-state index in [9.17, 15) is 10.1 Å². The van der Waals surface area contributed by atoms with Gasteiger partial charge in [-0.15, -0.1) is 0 Å². The number of nitrogens with zero attached hydrogens (tertiary/aromatic N) is 1. The van der Waals surface area contributed by atoms with Gasteiger partial charge in [0.2, 0.25) is 12.7 Å². The lowest BCUT2D eigenvalue weighted by Crippen LogP contribution is -2.27. The van der Waals surface area contributed by atoms with Crippen LogP contribution in [-0.4, -0.2) is 12.7 Å². The van der Waals surface area contributed by atoms with E-state index in [4.69, 9.17) is 9.47 Å². The fourth-order valence-corrected chi connectivity index (χ4v) is 4.36. The molecule has 1 amide bonds. The number of nitriles is 1. The van der Waals surface area contributed by atoms with Crippen LogP contribution < -0.4 is 14.8 Å². The zero-order chi connectivity index (χ0) is 23.2. The van der Waals surface area contributed by atoms with Crippen molar-refractivity contribution in [1.82, 2.24) is 0 Å². The Labute approximate surface area is 194 Å². The van der Waals surface area contributed by atoms with E-state index >= 15 is 0 Å². The van der Waals surface area contributed by atoms with Crippen molar-refractivity contribution in [3.05, 3.63) is 77.4 Å². The smallest absolute Gasteiger partial charge is 0.235 e. The molecule has 3 aromatic carbocycles. The van der Waals surface area contributed by atoms with Crippen molar-refractivity contribution in [2.24, 2.45) is 0 Å². The van der Waals surface area contributed by atoms with E-state index in [2.05, 4.69) is 18.3 Å². The minimum atomic E-state index is -0.531. The summed E-state index contributed by atoms with van der Waals surface area (Å²) in [5.41, 5.74) is 4.90. The molecule has 0 unspecified atom stereocenters. The molecule has 0 atom stereocenters. The van der Waals surface area contributed by atoms with E-state index < -0.39 is 10.8 Å².